The van der Waals surface area contributed by atoms with Gasteiger partial charge in [-0.2, -0.15) is 0 Å². The summed E-state index contributed by atoms with van der Waals surface area (Å²) in [7, 11) is 0. The zero-order chi connectivity index (χ0) is 13.2. The van der Waals surface area contributed by atoms with Crippen molar-refractivity contribution in [2.75, 3.05) is 12.4 Å². The number of oxime groups is 1. The molecule has 1 aliphatic heterocycles. The van der Waals surface area contributed by atoms with Gasteiger partial charge in [0.25, 0.3) is 0 Å². The molecular weight excluding hydrogens is 290 g/mol. The van der Waals surface area contributed by atoms with Crippen LogP contribution in [0.1, 0.15) is 5.89 Å². The zero-order valence-corrected chi connectivity index (χ0v) is 11.1. The lowest BCUT2D eigenvalue weighted by Crippen LogP contribution is -2.26. The zero-order valence-electron chi connectivity index (χ0n) is 9.58. The summed E-state index contributed by atoms with van der Waals surface area (Å²) in [5.74, 6) is 0.768. The molecule has 0 fully saturated rings. The Balaban J connectivity index is 1.93. The Bertz CT molecular complexity index is 631. The molecule has 0 N–H and O–H groups in total. The van der Waals surface area contributed by atoms with Gasteiger partial charge >= 0.3 is 10.9 Å². The molecule has 0 aliphatic carbocycles. The van der Waals surface area contributed by atoms with Crippen LogP contribution < -0.4 is 0 Å². The van der Waals surface area contributed by atoms with Gasteiger partial charge in [-0.3, -0.25) is 0 Å². The molecule has 1 atom stereocenters. The first-order chi connectivity index (χ1) is 9.24. The molecule has 1 aromatic carbocycles. The molecule has 0 bridgehead atoms. The SMILES string of the molecule is [O-][S+]1CCON=C1c1nnc(-c2cccc(Cl)c2)o1. The number of aromatic nitrogens is 2. The summed E-state index contributed by atoms with van der Waals surface area (Å²) in [6.07, 6.45) is 0. The maximum atomic E-state index is 11.7. The molecular formula is C11H8ClN3O3S. The lowest BCUT2D eigenvalue weighted by Gasteiger charge is -2.12. The number of halogens is 1. The van der Waals surface area contributed by atoms with E-state index in [1.54, 1.807) is 24.3 Å². The Morgan fingerprint density at radius 2 is 2.11 bits per heavy atom. The van der Waals surface area contributed by atoms with E-state index in [0.29, 0.717) is 28.8 Å². The molecule has 2 aromatic rings. The first-order valence-electron chi connectivity index (χ1n) is 5.42. The van der Waals surface area contributed by atoms with Crippen LogP contribution >= 0.6 is 11.6 Å². The second-order valence-electron chi connectivity index (χ2n) is 3.70. The summed E-state index contributed by atoms with van der Waals surface area (Å²) in [6.45, 7) is 0.325. The Morgan fingerprint density at radius 1 is 1.26 bits per heavy atom. The molecule has 0 spiro atoms. The van der Waals surface area contributed by atoms with E-state index in [1.807, 2.05) is 0 Å². The minimum absolute atomic E-state index is 0.105. The number of hydrogen-bond acceptors (Lipinski definition) is 6. The third-order valence-electron chi connectivity index (χ3n) is 2.40. The van der Waals surface area contributed by atoms with Crippen molar-refractivity contribution in [3.8, 4) is 11.5 Å². The molecule has 6 nitrogen and oxygen atoms in total. The standard InChI is InChI=1S/C11H8ClN3O3S/c12-8-3-1-2-7(6-8)9-13-14-10(18-9)11-15-17-4-5-19(11)16/h1-3,6H,4-5H2. The van der Waals surface area contributed by atoms with E-state index in [2.05, 4.69) is 15.4 Å². The second kappa shape index (κ2) is 5.20. The van der Waals surface area contributed by atoms with Gasteiger partial charge in [-0.25, -0.2) is 0 Å². The summed E-state index contributed by atoms with van der Waals surface area (Å²) >= 11 is 4.62. The van der Waals surface area contributed by atoms with Gasteiger partial charge in [0.2, 0.25) is 5.89 Å². The van der Waals surface area contributed by atoms with E-state index in [-0.39, 0.29) is 10.9 Å². The first kappa shape index (κ1) is 12.5. The summed E-state index contributed by atoms with van der Waals surface area (Å²) in [4.78, 5) is 4.89. The van der Waals surface area contributed by atoms with Crippen LogP contribution in [0.25, 0.3) is 11.5 Å². The highest BCUT2D eigenvalue weighted by molar-refractivity contribution is 8.06. The van der Waals surface area contributed by atoms with Gasteiger partial charge in [0, 0.05) is 21.8 Å². The molecule has 1 aliphatic rings. The highest BCUT2D eigenvalue weighted by Crippen LogP contribution is 2.22. The highest BCUT2D eigenvalue weighted by atomic mass is 35.5. The fourth-order valence-electron chi connectivity index (χ4n) is 1.54. The van der Waals surface area contributed by atoms with Crippen molar-refractivity contribution in [3.05, 3.63) is 35.2 Å². The van der Waals surface area contributed by atoms with Crippen molar-refractivity contribution in [2.45, 2.75) is 0 Å². The van der Waals surface area contributed by atoms with Crippen molar-refractivity contribution in [3.63, 3.8) is 0 Å². The minimum atomic E-state index is -1.27. The molecule has 98 valence electrons. The molecule has 0 saturated carbocycles. The van der Waals surface area contributed by atoms with E-state index >= 15 is 0 Å². The lowest BCUT2D eigenvalue weighted by molar-refractivity contribution is 0.157. The first-order valence-corrected chi connectivity index (χ1v) is 7.12. The molecule has 0 radical (unpaired) electrons. The minimum Gasteiger partial charge on any atom is -0.610 e. The molecule has 0 amide bonds. The van der Waals surface area contributed by atoms with Gasteiger partial charge in [0.05, 0.1) is 0 Å². The van der Waals surface area contributed by atoms with Gasteiger partial charge in [-0.05, 0) is 23.4 Å². The molecule has 2 heterocycles. The Kier molecular flexibility index (Phi) is 3.41. The summed E-state index contributed by atoms with van der Waals surface area (Å²) in [5.41, 5.74) is 0.689. The molecule has 0 saturated heterocycles. The van der Waals surface area contributed by atoms with Gasteiger partial charge < -0.3 is 13.8 Å². The van der Waals surface area contributed by atoms with E-state index in [4.69, 9.17) is 20.9 Å². The third-order valence-corrected chi connectivity index (χ3v) is 3.86. The monoisotopic (exact) mass is 297 g/mol. The number of nitrogens with zero attached hydrogens (tertiary/aromatic N) is 3. The van der Waals surface area contributed by atoms with E-state index in [0.717, 1.165) is 0 Å². The second-order valence-corrected chi connectivity index (χ2v) is 5.62. The van der Waals surface area contributed by atoms with Crippen LogP contribution in [0, 0.1) is 0 Å². The van der Waals surface area contributed by atoms with Crippen molar-refractivity contribution in [2.24, 2.45) is 5.16 Å². The Hall–Kier alpha value is -1.57. The number of hydrogen-bond donors (Lipinski definition) is 0. The smallest absolute Gasteiger partial charge is 0.342 e. The van der Waals surface area contributed by atoms with Crippen molar-refractivity contribution in [1.82, 2.24) is 10.2 Å². The molecule has 19 heavy (non-hydrogen) atoms. The topological polar surface area (TPSA) is 83.6 Å². The van der Waals surface area contributed by atoms with Gasteiger partial charge in [-0.15, -0.1) is 10.2 Å². The maximum Gasteiger partial charge on any atom is 0.342 e. The van der Waals surface area contributed by atoms with Gasteiger partial charge in [-0.1, -0.05) is 17.7 Å². The lowest BCUT2D eigenvalue weighted by atomic mass is 10.2. The van der Waals surface area contributed by atoms with Crippen LogP contribution in [-0.2, 0) is 16.0 Å². The molecule has 8 heteroatoms. The average Bonchev–Trinajstić information content (AvgIpc) is 2.89. The molecule has 1 aromatic heterocycles. The summed E-state index contributed by atoms with van der Waals surface area (Å²) in [5, 5.41) is 12.2. The molecule has 3 rings (SSSR count). The normalized spacial score (nSPS) is 18.8. The van der Waals surface area contributed by atoms with Crippen LogP contribution in [-0.4, -0.2) is 32.2 Å². The van der Waals surface area contributed by atoms with Crippen LogP contribution in [0.3, 0.4) is 0 Å². The highest BCUT2D eigenvalue weighted by Gasteiger charge is 2.29. The van der Waals surface area contributed by atoms with Gasteiger partial charge in [0.15, 0.2) is 6.61 Å². The van der Waals surface area contributed by atoms with Crippen LogP contribution in [0.4, 0.5) is 0 Å². The van der Waals surface area contributed by atoms with Crippen LogP contribution in [0.5, 0.6) is 0 Å². The van der Waals surface area contributed by atoms with Crippen LogP contribution in [0.2, 0.25) is 5.02 Å². The van der Waals surface area contributed by atoms with Crippen LogP contribution in [0.15, 0.2) is 33.8 Å². The fourth-order valence-corrected chi connectivity index (χ4v) is 2.56. The van der Waals surface area contributed by atoms with Crippen molar-refractivity contribution < 1.29 is 13.8 Å². The van der Waals surface area contributed by atoms with E-state index in [9.17, 15) is 4.55 Å². The average molecular weight is 298 g/mol. The Morgan fingerprint density at radius 3 is 2.89 bits per heavy atom. The van der Waals surface area contributed by atoms with Crippen molar-refractivity contribution in [1.29, 1.82) is 0 Å². The predicted molar refractivity (Wildman–Crippen MR) is 70.2 cm³/mol. The van der Waals surface area contributed by atoms with E-state index in [1.165, 1.54) is 0 Å². The largest absolute Gasteiger partial charge is 0.610 e. The third kappa shape index (κ3) is 2.58. The maximum absolute atomic E-state index is 11.7. The summed E-state index contributed by atoms with van der Waals surface area (Å²) in [6, 6.07) is 7.02. The quantitative estimate of drug-likeness (QED) is 0.790. The van der Waals surface area contributed by atoms with Gasteiger partial charge in [0.1, 0.15) is 5.75 Å². The molecule has 1 unspecified atom stereocenters. The van der Waals surface area contributed by atoms with E-state index < -0.39 is 11.2 Å². The Labute approximate surface area is 116 Å². The number of rotatable bonds is 2. The fraction of sp³-hybridized carbons (Fsp3) is 0.182. The predicted octanol–water partition coefficient (Wildman–Crippen LogP) is 1.83. The number of benzene rings is 1. The van der Waals surface area contributed by atoms with Crippen molar-refractivity contribution >= 4 is 27.8 Å². The summed E-state index contributed by atoms with van der Waals surface area (Å²) < 4.78 is 17.2.